The lowest BCUT2D eigenvalue weighted by atomic mass is 10.1. The Labute approximate surface area is 158 Å². The number of halogens is 4. The van der Waals surface area contributed by atoms with Crippen LogP contribution in [-0.2, 0) is 4.79 Å². The van der Waals surface area contributed by atoms with Crippen LogP contribution in [0.15, 0.2) is 28.7 Å². The molecule has 0 aliphatic carbocycles. The predicted molar refractivity (Wildman–Crippen MR) is 99.2 cm³/mol. The second-order valence-corrected chi connectivity index (χ2v) is 6.83. The molecule has 1 N–H and O–H groups in total. The molecule has 122 valence electrons. The highest BCUT2D eigenvalue weighted by atomic mass is 79.9. The Morgan fingerprint density at radius 3 is 2.22 bits per heavy atom. The number of carbonyl (C=O) groups is 1. The molecule has 0 aliphatic heterocycles. The fraction of sp³-hybridized carbons (Fsp3) is 0.188. The SMILES string of the molecule is Cc1c(Cl)c(C)c(Cl)c(OCC(=O)Nc2ccccc2Br)c1Cl. The summed E-state index contributed by atoms with van der Waals surface area (Å²) < 4.78 is 6.29. The van der Waals surface area contributed by atoms with Crippen LogP contribution in [0.25, 0.3) is 0 Å². The summed E-state index contributed by atoms with van der Waals surface area (Å²) in [6, 6.07) is 7.28. The van der Waals surface area contributed by atoms with Crippen LogP contribution >= 0.6 is 50.7 Å². The van der Waals surface area contributed by atoms with Crippen LogP contribution in [0, 0.1) is 13.8 Å². The first-order chi connectivity index (χ1) is 10.8. The second-order valence-electron chi connectivity index (χ2n) is 4.84. The average molecular weight is 438 g/mol. The third kappa shape index (κ3) is 4.13. The van der Waals surface area contributed by atoms with Gasteiger partial charge in [-0.25, -0.2) is 0 Å². The maximum Gasteiger partial charge on any atom is 0.262 e. The van der Waals surface area contributed by atoms with Crippen molar-refractivity contribution < 1.29 is 9.53 Å². The number of anilines is 1. The Bertz CT molecular complexity index is 736. The fourth-order valence-electron chi connectivity index (χ4n) is 1.92. The molecule has 2 aromatic rings. The second kappa shape index (κ2) is 7.75. The van der Waals surface area contributed by atoms with E-state index in [4.69, 9.17) is 39.5 Å². The molecule has 0 unspecified atom stereocenters. The summed E-state index contributed by atoms with van der Waals surface area (Å²) in [4.78, 5) is 12.0. The van der Waals surface area contributed by atoms with E-state index in [2.05, 4.69) is 21.2 Å². The molecule has 0 radical (unpaired) electrons. The Morgan fingerprint density at radius 2 is 1.65 bits per heavy atom. The minimum atomic E-state index is -0.325. The quantitative estimate of drug-likeness (QED) is 0.633. The molecule has 0 fully saturated rings. The van der Waals surface area contributed by atoms with Gasteiger partial charge in [0.15, 0.2) is 12.4 Å². The van der Waals surface area contributed by atoms with Gasteiger partial charge in [0, 0.05) is 9.50 Å². The Morgan fingerprint density at radius 1 is 1.09 bits per heavy atom. The summed E-state index contributed by atoms with van der Waals surface area (Å²) in [7, 11) is 0. The van der Waals surface area contributed by atoms with Crippen LogP contribution in [0.5, 0.6) is 5.75 Å². The maximum absolute atomic E-state index is 12.0. The first kappa shape index (κ1) is 18.4. The summed E-state index contributed by atoms with van der Waals surface area (Å²) in [5.41, 5.74) is 1.98. The van der Waals surface area contributed by atoms with Gasteiger partial charge in [0.2, 0.25) is 0 Å². The van der Waals surface area contributed by atoms with Gasteiger partial charge in [-0.05, 0) is 53.0 Å². The lowest BCUT2D eigenvalue weighted by Crippen LogP contribution is -2.20. The number of nitrogens with one attached hydrogen (secondary N) is 1. The van der Waals surface area contributed by atoms with Crippen molar-refractivity contribution in [3.8, 4) is 5.75 Å². The van der Waals surface area contributed by atoms with Gasteiger partial charge in [-0.15, -0.1) is 0 Å². The Hall–Kier alpha value is -0.940. The summed E-state index contributed by atoms with van der Waals surface area (Å²) in [5.74, 6) is -0.0655. The van der Waals surface area contributed by atoms with E-state index in [1.165, 1.54) is 0 Å². The minimum absolute atomic E-state index is 0.221. The number of carbonyl (C=O) groups excluding carboxylic acids is 1. The van der Waals surface area contributed by atoms with Crippen LogP contribution in [0.2, 0.25) is 15.1 Å². The molecule has 23 heavy (non-hydrogen) atoms. The average Bonchev–Trinajstić information content (AvgIpc) is 2.53. The number of hydrogen-bond acceptors (Lipinski definition) is 2. The minimum Gasteiger partial charge on any atom is -0.481 e. The topological polar surface area (TPSA) is 38.3 Å². The number of para-hydroxylation sites is 1. The lowest BCUT2D eigenvalue weighted by Gasteiger charge is -2.15. The van der Waals surface area contributed by atoms with E-state index in [1.807, 2.05) is 18.2 Å². The van der Waals surface area contributed by atoms with Gasteiger partial charge in [0.1, 0.15) is 0 Å². The molecule has 0 spiro atoms. The molecule has 0 bridgehead atoms. The summed E-state index contributed by atoms with van der Waals surface area (Å²) in [6.07, 6.45) is 0. The zero-order valence-electron chi connectivity index (χ0n) is 12.3. The maximum atomic E-state index is 12.0. The Balaban J connectivity index is 2.13. The first-order valence-electron chi connectivity index (χ1n) is 6.63. The van der Waals surface area contributed by atoms with Crippen LogP contribution in [0.3, 0.4) is 0 Å². The largest absolute Gasteiger partial charge is 0.481 e. The molecule has 3 nitrogen and oxygen atoms in total. The van der Waals surface area contributed by atoms with Crippen molar-refractivity contribution in [3.63, 3.8) is 0 Å². The van der Waals surface area contributed by atoms with Gasteiger partial charge >= 0.3 is 0 Å². The Kier molecular flexibility index (Phi) is 6.20. The van der Waals surface area contributed by atoms with Gasteiger partial charge in [-0.2, -0.15) is 0 Å². The standard InChI is InChI=1S/C16H13BrCl3NO2/c1-8-13(18)9(2)15(20)16(14(8)19)23-7-12(22)21-11-6-4-3-5-10(11)17/h3-6H,7H2,1-2H3,(H,21,22). The van der Waals surface area contributed by atoms with Crippen molar-refractivity contribution in [3.05, 3.63) is 54.9 Å². The van der Waals surface area contributed by atoms with E-state index in [-0.39, 0.29) is 18.3 Å². The summed E-state index contributed by atoms with van der Waals surface area (Å²) in [6.45, 7) is 3.31. The molecular formula is C16H13BrCl3NO2. The molecule has 2 rings (SSSR count). The monoisotopic (exact) mass is 435 g/mol. The van der Waals surface area contributed by atoms with Gasteiger partial charge in [0.05, 0.1) is 15.7 Å². The van der Waals surface area contributed by atoms with Crippen molar-refractivity contribution in [2.24, 2.45) is 0 Å². The third-order valence-corrected chi connectivity index (χ3v) is 5.38. The predicted octanol–water partition coefficient (Wildman–Crippen LogP) is 6.04. The van der Waals surface area contributed by atoms with Crippen molar-refractivity contribution in [1.82, 2.24) is 0 Å². The van der Waals surface area contributed by atoms with E-state index < -0.39 is 0 Å². The number of benzene rings is 2. The van der Waals surface area contributed by atoms with Gasteiger partial charge in [0.25, 0.3) is 5.91 Å². The van der Waals surface area contributed by atoms with Crippen LogP contribution < -0.4 is 10.1 Å². The molecule has 0 aromatic heterocycles. The van der Waals surface area contributed by atoms with E-state index in [0.717, 1.165) is 4.47 Å². The molecule has 7 heteroatoms. The normalized spacial score (nSPS) is 10.5. The molecule has 0 heterocycles. The molecule has 0 saturated carbocycles. The first-order valence-corrected chi connectivity index (χ1v) is 8.56. The highest BCUT2D eigenvalue weighted by Crippen LogP contribution is 2.42. The van der Waals surface area contributed by atoms with Crippen LogP contribution in [0.1, 0.15) is 11.1 Å². The fourth-order valence-corrected chi connectivity index (χ4v) is 3.13. The zero-order chi connectivity index (χ0) is 17.1. The molecule has 2 aromatic carbocycles. The van der Waals surface area contributed by atoms with Crippen LogP contribution in [0.4, 0.5) is 5.69 Å². The highest BCUT2D eigenvalue weighted by Gasteiger charge is 2.18. The molecule has 0 aliphatic rings. The molecule has 0 atom stereocenters. The number of hydrogen-bond donors (Lipinski definition) is 1. The van der Waals surface area contributed by atoms with Crippen molar-refractivity contribution in [2.45, 2.75) is 13.8 Å². The summed E-state index contributed by atoms with van der Waals surface area (Å²) >= 11 is 21.9. The van der Waals surface area contributed by atoms with E-state index in [1.54, 1.807) is 19.9 Å². The zero-order valence-corrected chi connectivity index (χ0v) is 16.2. The van der Waals surface area contributed by atoms with Crippen molar-refractivity contribution in [1.29, 1.82) is 0 Å². The summed E-state index contributed by atoms with van der Waals surface area (Å²) in [5, 5.41) is 3.84. The smallest absolute Gasteiger partial charge is 0.262 e. The van der Waals surface area contributed by atoms with Crippen molar-refractivity contribution >= 4 is 62.3 Å². The van der Waals surface area contributed by atoms with Gasteiger partial charge in [-0.3, -0.25) is 4.79 Å². The third-order valence-electron chi connectivity index (χ3n) is 3.21. The number of ether oxygens (including phenoxy) is 1. The molecule has 0 saturated heterocycles. The van der Waals surface area contributed by atoms with E-state index >= 15 is 0 Å². The highest BCUT2D eigenvalue weighted by molar-refractivity contribution is 9.10. The van der Waals surface area contributed by atoms with Gasteiger partial charge < -0.3 is 10.1 Å². The lowest BCUT2D eigenvalue weighted by molar-refractivity contribution is -0.118. The van der Waals surface area contributed by atoms with Crippen LogP contribution in [-0.4, -0.2) is 12.5 Å². The van der Waals surface area contributed by atoms with E-state index in [9.17, 15) is 4.79 Å². The number of rotatable bonds is 4. The molecule has 1 amide bonds. The number of amides is 1. The van der Waals surface area contributed by atoms with Crippen molar-refractivity contribution in [2.75, 3.05) is 11.9 Å². The molecular weight excluding hydrogens is 424 g/mol. The van der Waals surface area contributed by atoms with E-state index in [0.29, 0.717) is 31.9 Å². The van der Waals surface area contributed by atoms with Gasteiger partial charge in [-0.1, -0.05) is 46.9 Å².